The molecule has 0 amide bonds. The van der Waals surface area contributed by atoms with Gasteiger partial charge in [0.25, 0.3) is 0 Å². The molecule has 5 aromatic carbocycles. The van der Waals surface area contributed by atoms with E-state index in [1.165, 1.54) is 59.1 Å². The highest BCUT2D eigenvalue weighted by molar-refractivity contribution is 7.25. The van der Waals surface area contributed by atoms with E-state index in [1.807, 2.05) is 11.3 Å². The van der Waals surface area contributed by atoms with Crippen molar-refractivity contribution in [3.05, 3.63) is 126 Å². The largest absolute Gasteiger partial charge is 0.355 e. The smallest absolute Gasteiger partial charge is 0.0585 e. The number of benzene rings is 5. The molecular weight excluding hydrogens is 480 g/mol. The van der Waals surface area contributed by atoms with Crippen LogP contribution in [0.15, 0.2) is 115 Å². The Balaban J connectivity index is 1.31. The Morgan fingerprint density at radius 3 is 2.24 bits per heavy atom. The summed E-state index contributed by atoms with van der Waals surface area (Å²) >= 11 is 1.86. The minimum Gasteiger partial charge on any atom is -0.355 e. The number of fused-ring (bicyclic) bond motifs is 8. The first-order valence-electron chi connectivity index (χ1n) is 13.1. The summed E-state index contributed by atoms with van der Waals surface area (Å²) in [5.41, 5.74) is 10.0. The summed E-state index contributed by atoms with van der Waals surface area (Å²) in [6.45, 7) is 4.73. The summed E-state index contributed by atoms with van der Waals surface area (Å²) in [5, 5.41) is 7.68. The van der Waals surface area contributed by atoms with Crippen LogP contribution >= 0.6 is 11.3 Å². The molecule has 0 bridgehead atoms. The Kier molecular flexibility index (Phi) is 4.48. The first-order valence-corrected chi connectivity index (χ1v) is 13.9. The molecule has 0 spiro atoms. The van der Waals surface area contributed by atoms with E-state index < -0.39 is 0 Å². The molecule has 7 aromatic rings. The molecule has 1 N–H and O–H groups in total. The lowest BCUT2D eigenvalue weighted by Gasteiger charge is -2.21. The van der Waals surface area contributed by atoms with Gasteiger partial charge in [-0.2, -0.15) is 0 Å². The normalized spacial score (nSPS) is 13.7. The maximum absolute atomic E-state index is 3.72. The highest BCUT2D eigenvalue weighted by Crippen LogP contribution is 2.54. The van der Waals surface area contributed by atoms with E-state index in [4.69, 9.17) is 0 Å². The van der Waals surface area contributed by atoms with Crippen molar-refractivity contribution in [2.45, 2.75) is 19.3 Å². The lowest BCUT2D eigenvalue weighted by molar-refractivity contribution is 0.666. The van der Waals surface area contributed by atoms with Gasteiger partial charge < -0.3 is 9.88 Å². The molecule has 8 rings (SSSR count). The standard InChI is InChI=1S/C35H26N2S/c1-35(2)29-14-8-6-13-27(29)34-33(35)28-20-22(17-19-30(28)37(34)24-10-4-3-5-11-24)36-23-16-18-26-25-12-7-9-15-31(25)38-32(26)21-23/h3-21,36H,1-2H3. The number of para-hydroxylation sites is 1. The van der Waals surface area contributed by atoms with Crippen LogP contribution in [0.5, 0.6) is 0 Å². The quantitative estimate of drug-likeness (QED) is 0.252. The Hall–Kier alpha value is -4.34. The van der Waals surface area contributed by atoms with Gasteiger partial charge in [0.2, 0.25) is 0 Å². The molecule has 2 heterocycles. The average molecular weight is 507 g/mol. The van der Waals surface area contributed by atoms with Gasteiger partial charge in [-0.15, -0.1) is 11.3 Å². The molecule has 0 aliphatic heterocycles. The predicted molar refractivity (Wildman–Crippen MR) is 163 cm³/mol. The monoisotopic (exact) mass is 506 g/mol. The van der Waals surface area contributed by atoms with Gasteiger partial charge in [0.05, 0.1) is 11.2 Å². The van der Waals surface area contributed by atoms with E-state index in [1.54, 1.807) is 0 Å². The maximum Gasteiger partial charge on any atom is 0.0585 e. The fraction of sp³-hybridized carbons (Fsp3) is 0.0857. The minimum atomic E-state index is -0.0845. The van der Waals surface area contributed by atoms with Crippen molar-refractivity contribution in [1.82, 2.24) is 4.57 Å². The van der Waals surface area contributed by atoms with Gasteiger partial charge in [0, 0.05) is 53.6 Å². The van der Waals surface area contributed by atoms with Crippen LogP contribution in [0.25, 0.3) is 48.0 Å². The van der Waals surface area contributed by atoms with Gasteiger partial charge in [-0.05, 0) is 59.7 Å². The summed E-state index contributed by atoms with van der Waals surface area (Å²) < 4.78 is 5.09. The molecule has 3 heteroatoms. The Bertz CT molecular complexity index is 2020. The van der Waals surface area contributed by atoms with E-state index in [-0.39, 0.29) is 5.41 Å². The zero-order valence-corrected chi connectivity index (χ0v) is 22.1. The van der Waals surface area contributed by atoms with Gasteiger partial charge in [0.1, 0.15) is 0 Å². The predicted octanol–water partition coefficient (Wildman–Crippen LogP) is 10.0. The van der Waals surface area contributed by atoms with Crippen molar-refractivity contribution < 1.29 is 0 Å². The molecule has 1 aliphatic carbocycles. The first kappa shape index (κ1) is 21.7. The number of anilines is 2. The fourth-order valence-electron chi connectivity index (χ4n) is 6.44. The molecule has 182 valence electrons. The topological polar surface area (TPSA) is 17.0 Å². The van der Waals surface area contributed by atoms with E-state index in [9.17, 15) is 0 Å². The van der Waals surface area contributed by atoms with Crippen molar-refractivity contribution in [2.75, 3.05) is 5.32 Å². The van der Waals surface area contributed by atoms with Crippen molar-refractivity contribution >= 4 is 53.8 Å². The highest BCUT2D eigenvalue weighted by Gasteiger charge is 2.40. The Morgan fingerprint density at radius 1 is 0.632 bits per heavy atom. The van der Waals surface area contributed by atoms with E-state index in [0.717, 1.165) is 11.4 Å². The zero-order valence-electron chi connectivity index (χ0n) is 21.3. The second kappa shape index (κ2) is 7.83. The molecule has 38 heavy (non-hydrogen) atoms. The third-order valence-electron chi connectivity index (χ3n) is 8.13. The lowest BCUT2D eigenvalue weighted by atomic mass is 9.81. The number of nitrogens with one attached hydrogen (secondary N) is 1. The molecule has 0 atom stereocenters. The molecule has 0 radical (unpaired) electrons. The van der Waals surface area contributed by atoms with Crippen molar-refractivity contribution in [3.8, 4) is 16.9 Å². The summed E-state index contributed by atoms with van der Waals surface area (Å²) in [7, 11) is 0. The van der Waals surface area contributed by atoms with Crippen molar-refractivity contribution in [1.29, 1.82) is 0 Å². The molecule has 2 aromatic heterocycles. The van der Waals surface area contributed by atoms with Crippen LogP contribution in [-0.2, 0) is 5.41 Å². The van der Waals surface area contributed by atoms with Crippen LogP contribution in [0.3, 0.4) is 0 Å². The van der Waals surface area contributed by atoms with Crippen LogP contribution < -0.4 is 5.32 Å². The summed E-state index contributed by atoms with van der Waals surface area (Å²) in [4.78, 5) is 0. The SMILES string of the molecule is CC1(C)c2ccccc2-c2c1c1cc(Nc3ccc4c(c3)sc3ccccc34)ccc1n2-c1ccccc1. The van der Waals surface area contributed by atoms with Gasteiger partial charge in [0.15, 0.2) is 0 Å². The number of nitrogens with zero attached hydrogens (tertiary/aromatic N) is 1. The minimum absolute atomic E-state index is 0.0845. The van der Waals surface area contributed by atoms with Crippen LogP contribution in [0.1, 0.15) is 25.0 Å². The van der Waals surface area contributed by atoms with E-state index in [0.29, 0.717) is 0 Å². The highest BCUT2D eigenvalue weighted by atomic mass is 32.1. The zero-order chi connectivity index (χ0) is 25.4. The van der Waals surface area contributed by atoms with Gasteiger partial charge in [-0.25, -0.2) is 0 Å². The fourth-order valence-corrected chi connectivity index (χ4v) is 7.59. The van der Waals surface area contributed by atoms with Crippen LogP contribution in [0.4, 0.5) is 11.4 Å². The van der Waals surface area contributed by atoms with E-state index >= 15 is 0 Å². The average Bonchev–Trinajstić information content (AvgIpc) is 3.56. The molecule has 0 saturated carbocycles. The van der Waals surface area contributed by atoms with Gasteiger partial charge in [-0.3, -0.25) is 0 Å². The summed E-state index contributed by atoms with van der Waals surface area (Å²) in [5.74, 6) is 0. The lowest BCUT2D eigenvalue weighted by Crippen LogP contribution is -2.14. The second-order valence-corrected chi connectivity index (χ2v) is 11.8. The third-order valence-corrected chi connectivity index (χ3v) is 9.26. The van der Waals surface area contributed by atoms with Crippen LogP contribution in [-0.4, -0.2) is 4.57 Å². The molecule has 1 aliphatic rings. The molecule has 0 fully saturated rings. The van der Waals surface area contributed by atoms with Crippen molar-refractivity contribution in [3.63, 3.8) is 0 Å². The van der Waals surface area contributed by atoms with Crippen molar-refractivity contribution in [2.24, 2.45) is 0 Å². The number of aromatic nitrogens is 1. The summed E-state index contributed by atoms with van der Waals surface area (Å²) in [6.07, 6.45) is 0. The maximum atomic E-state index is 3.72. The second-order valence-electron chi connectivity index (χ2n) is 10.7. The van der Waals surface area contributed by atoms with E-state index in [2.05, 4.69) is 139 Å². The summed E-state index contributed by atoms with van der Waals surface area (Å²) in [6, 6.07) is 41.9. The van der Waals surface area contributed by atoms with Gasteiger partial charge in [-0.1, -0.05) is 80.6 Å². The molecule has 0 saturated heterocycles. The third kappa shape index (κ3) is 3.00. The van der Waals surface area contributed by atoms with Gasteiger partial charge >= 0.3 is 0 Å². The Morgan fingerprint density at radius 2 is 1.34 bits per heavy atom. The Labute approximate surface area is 225 Å². The number of rotatable bonds is 3. The number of thiophene rings is 1. The number of hydrogen-bond donors (Lipinski definition) is 1. The van der Waals surface area contributed by atoms with Crippen LogP contribution in [0.2, 0.25) is 0 Å². The molecule has 2 nitrogen and oxygen atoms in total. The molecular formula is C35H26N2S. The first-order chi connectivity index (χ1) is 18.6. The molecule has 0 unspecified atom stereocenters. The van der Waals surface area contributed by atoms with Crippen LogP contribution in [0, 0.1) is 0 Å². The number of hydrogen-bond acceptors (Lipinski definition) is 2.